The molecular formula is C50H30O3S. The first-order valence-electron chi connectivity index (χ1n) is 18.3. The molecule has 0 bridgehead atoms. The molecule has 54 heavy (non-hydrogen) atoms. The number of hydrogen-bond donors (Lipinski definition) is 0. The van der Waals surface area contributed by atoms with Crippen LogP contribution in [0.15, 0.2) is 192 Å². The van der Waals surface area contributed by atoms with Gasteiger partial charge in [-0.25, -0.2) is 0 Å². The number of para-hydroxylation sites is 4. The third-order valence-corrected chi connectivity index (χ3v) is 12.9. The van der Waals surface area contributed by atoms with Gasteiger partial charge in [-0.2, -0.15) is 0 Å². The minimum Gasteiger partial charge on any atom is -0.457 e. The van der Waals surface area contributed by atoms with Gasteiger partial charge in [-0.05, 0) is 70.8 Å². The van der Waals surface area contributed by atoms with Gasteiger partial charge in [0.15, 0.2) is 0 Å². The fraction of sp³-hybridized carbons (Fsp3) is 0.0400. The molecule has 4 heteroatoms. The van der Waals surface area contributed by atoms with Crippen LogP contribution in [0.2, 0.25) is 0 Å². The molecule has 0 saturated carbocycles. The van der Waals surface area contributed by atoms with Crippen LogP contribution in [0, 0.1) is 0 Å². The van der Waals surface area contributed by atoms with Gasteiger partial charge >= 0.3 is 0 Å². The largest absolute Gasteiger partial charge is 0.457 e. The maximum Gasteiger partial charge on any atom is 0.132 e. The molecule has 2 spiro atoms. The van der Waals surface area contributed by atoms with E-state index in [2.05, 4.69) is 164 Å². The zero-order chi connectivity index (χ0) is 35.4. The zero-order valence-corrected chi connectivity index (χ0v) is 29.8. The summed E-state index contributed by atoms with van der Waals surface area (Å²) in [6, 6.07) is 64.9. The molecule has 0 atom stereocenters. The van der Waals surface area contributed by atoms with Crippen LogP contribution in [-0.4, -0.2) is 0 Å². The Morgan fingerprint density at radius 3 is 0.981 bits per heavy atom. The molecule has 0 fully saturated rings. The molecule has 0 amide bonds. The van der Waals surface area contributed by atoms with Gasteiger partial charge in [-0.15, -0.1) is 0 Å². The molecule has 4 aliphatic rings. The van der Waals surface area contributed by atoms with Crippen molar-refractivity contribution < 1.29 is 14.2 Å². The lowest BCUT2D eigenvalue weighted by atomic mass is 9.62. The normalized spacial score (nSPS) is 15.3. The van der Waals surface area contributed by atoms with Crippen molar-refractivity contribution >= 4 is 11.8 Å². The fourth-order valence-corrected chi connectivity index (χ4v) is 10.8. The van der Waals surface area contributed by atoms with E-state index in [1.165, 1.54) is 20.9 Å². The lowest BCUT2D eigenvalue weighted by Crippen LogP contribution is -2.36. The Morgan fingerprint density at radius 2 is 0.574 bits per heavy atom. The van der Waals surface area contributed by atoms with E-state index in [4.69, 9.17) is 14.2 Å². The Morgan fingerprint density at radius 1 is 0.278 bits per heavy atom. The van der Waals surface area contributed by atoms with E-state index < -0.39 is 10.8 Å². The highest BCUT2D eigenvalue weighted by atomic mass is 32.2. The number of fused-ring (bicyclic) bond motifs is 16. The molecule has 12 rings (SSSR count). The van der Waals surface area contributed by atoms with Crippen LogP contribution in [-0.2, 0) is 10.8 Å². The Kier molecular flexibility index (Phi) is 6.12. The standard InChI is InChI=1S/C50H30O3S/c1-7-19-41-33(13-1)49(34-14-2-8-20-42(34)51-41)35-15-3-9-21-43(35)52-45-29-31(25-27-37(45)49)32-26-28-38-46(30-32)53-44-22-10-4-16-36(44)50(38)39-17-5-11-23-47(39)54-48-24-12-6-18-40(48)50/h1-30H. The van der Waals surface area contributed by atoms with E-state index in [1.807, 2.05) is 30.0 Å². The first kappa shape index (κ1) is 30.0. The molecule has 0 aliphatic carbocycles. The van der Waals surface area contributed by atoms with Gasteiger partial charge in [0.05, 0.1) is 10.8 Å². The summed E-state index contributed by atoms with van der Waals surface area (Å²) in [5.74, 6) is 5.11. The number of rotatable bonds is 1. The number of hydrogen-bond acceptors (Lipinski definition) is 4. The van der Waals surface area contributed by atoms with Gasteiger partial charge in [0, 0.05) is 43.2 Å². The summed E-state index contributed by atoms with van der Waals surface area (Å²) in [5.41, 5.74) is 10.2. The van der Waals surface area contributed by atoms with E-state index in [0.717, 1.165) is 79.0 Å². The van der Waals surface area contributed by atoms with E-state index >= 15 is 0 Å². The SMILES string of the molecule is c1ccc2c(c1)Oc1ccccc1C21c2ccccc2Oc2cc(-c3ccc4c(c3)Oc3ccccc3C43c4ccccc4Sc4ccccc43)ccc21. The summed E-state index contributed by atoms with van der Waals surface area (Å²) >= 11 is 1.85. The van der Waals surface area contributed by atoms with E-state index in [1.54, 1.807) is 0 Å². The van der Waals surface area contributed by atoms with Crippen LogP contribution in [0.5, 0.6) is 34.5 Å². The molecule has 0 saturated heterocycles. The molecular weight excluding hydrogens is 681 g/mol. The summed E-state index contributed by atoms with van der Waals surface area (Å²) < 4.78 is 20.3. The first-order chi connectivity index (χ1) is 26.7. The van der Waals surface area contributed by atoms with Crippen LogP contribution in [0.25, 0.3) is 11.1 Å². The first-order valence-corrected chi connectivity index (χ1v) is 19.1. The minimum absolute atomic E-state index is 0.528. The van der Waals surface area contributed by atoms with Gasteiger partial charge in [-0.1, -0.05) is 145 Å². The lowest BCUT2D eigenvalue weighted by Gasteiger charge is -2.45. The van der Waals surface area contributed by atoms with Crippen LogP contribution < -0.4 is 14.2 Å². The van der Waals surface area contributed by atoms with Crippen molar-refractivity contribution in [2.24, 2.45) is 0 Å². The van der Waals surface area contributed by atoms with Crippen molar-refractivity contribution in [3.05, 3.63) is 226 Å². The van der Waals surface area contributed by atoms with Crippen LogP contribution in [0.1, 0.15) is 44.5 Å². The molecule has 254 valence electrons. The Labute approximate surface area is 317 Å². The highest BCUT2D eigenvalue weighted by Crippen LogP contribution is 2.63. The lowest BCUT2D eigenvalue weighted by molar-refractivity contribution is 0.399. The quantitative estimate of drug-likeness (QED) is 0.170. The molecule has 0 aromatic heterocycles. The molecule has 0 radical (unpaired) electrons. The number of benzene rings is 8. The topological polar surface area (TPSA) is 27.7 Å². The monoisotopic (exact) mass is 710 g/mol. The summed E-state index contributed by atoms with van der Waals surface area (Å²) in [7, 11) is 0. The maximum atomic E-state index is 6.87. The molecule has 3 nitrogen and oxygen atoms in total. The zero-order valence-electron chi connectivity index (χ0n) is 29.0. The Hall–Kier alpha value is -6.49. The third kappa shape index (κ3) is 3.83. The van der Waals surface area contributed by atoms with Gasteiger partial charge in [-0.3, -0.25) is 0 Å². The van der Waals surface area contributed by atoms with Crippen molar-refractivity contribution in [2.45, 2.75) is 20.6 Å². The third-order valence-electron chi connectivity index (χ3n) is 11.7. The second-order valence-corrected chi connectivity index (χ2v) is 15.4. The second kappa shape index (κ2) is 11.0. The van der Waals surface area contributed by atoms with Gasteiger partial charge in [0.25, 0.3) is 0 Å². The van der Waals surface area contributed by atoms with E-state index in [0.29, 0.717) is 0 Å². The Balaban J connectivity index is 1.07. The summed E-state index contributed by atoms with van der Waals surface area (Å²) in [4.78, 5) is 2.53. The van der Waals surface area contributed by atoms with Crippen molar-refractivity contribution in [1.82, 2.24) is 0 Å². The highest BCUT2D eigenvalue weighted by Gasteiger charge is 2.51. The van der Waals surface area contributed by atoms with Crippen molar-refractivity contribution in [2.75, 3.05) is 0 Å². The van der Waals surface area contributed by atoms with E-state index in [9.17, 15) is 0 Å². The predicted octanol–water partition coefficient (Wildman–Crippen LogP) is 12.9. The van der Waals surface area contributed by atoms with Crippen molar-refractivity contribution in [3.8, 4) is 45.6 Å². The average Bonchev–Trinajstić information content (AvgIpc) is 3.23. The van der Waals surface area contributed by atoms with Gasteiger partial charge in [0.1, 0.15) is 34.5 Å². The molecule has 0 N–H and O–H groups in total. The molecule has 8 aromatic carbocycles. The molecule has 0 unspecified atom stereocenters. The summed E-state index contributed by atoms with van der Waals surface area (Å²) in [6.45, 7) is 0. The summed E-state index contributed by atoms with van der Waals surface area (Å²) in [6.07, 6.45) is 0. The Bertz CT molecular complexity index is 2550. The number of ether oxygens (including phenoxy) is 3. The smallest absolute Gasteiger partial charge is 0.132 e. The van der Waals surface area contributed by atoms with Gasteiger partial charge < -0.3 is 14.2 Å². The van der Waals surface area contributed by atoms with Crippen LogP contribution in [0.4, 0.5) is 0 Å². The molecule has 4 heterocycles. The van der Waals surface area contributed by atoms with E-state index in [-0.39, 0.29) is 0 Å². The van der Waals surface area contributed by atoms with Gasteiger partial charge in [0.2, 0.25) is 0 Å². The molecule has 4 aliphatic heterocycles. The average molecular weight is 711 g/mol. The summed E-state index contributed by atoms with van der Waals surface area (Å²) in [5, 5.41) is 0. The fourth-order valence-electron chi connectivity index (χ4n) is 9.60. The highest BCUT2D eigenvalue weighted by molar-refractivity contribution is 7.99. The minimum atomic E-state index is -0.622. The maximum absolute atomic E-state index is 6.87. The van der Waals surface area contributed by atoms with Crippen molar-refractivity contribution in [3.63, 3.8) is 0 Å². The van der Waals surface area contributed by atoms with Crippen LogP contribution >= 0.6 is 11.8 Å². The second-order valence-electron chi connectivity index (χ2n) is 14.3. The van der Waals surface area contributed by atoms with Crippen LogP contribution in [0.3, 0.4) is 0 Å². The van der Waals surface area contributed by atoms with Crippen molar-refractivity contribution in [1.29, 1.82) is 0 Å². The predicted molar refractivity (Wildman–Crippen MR) is 213 cm³/mol. The molecule has 8 aromatic rings.